The summed E-state index contributed by atoms with van der Waals surface area (Å²) >= 11 is 6.71. The lowest BCUT2D eigenvalue weighted by molar-refractivity contribution is -0.338. The molecule has 146 valence electrons. The Balaban J connectivity index is 2.12. The van der Waals surface area contributed by atoms with Crippen molar-refractivity contribution in [1.82, 2.24) is 0 Å². The standard InChI is InChI=1S/C19H30ClNO4Si/c1-11(2)26(12(3)4,13(5)6)25-19-9-17(7)15(22)8-14(19)18(20,10-21)16(23-17)24-19/h11-14,16H,8-9H2,1-7H3/t14-,16?,17?,18+,19-/m0/s1. The lowest BCUT2D eigenvalue weighted by atomic mass is 9.72. The molecular formula is C19H30ClNO4Si. The van der Waals surface area contributed by atoms with Gasteiger partial charge in [0, 0.05) is 12.8 Å². The van der Waals surface area contributed by atoms with Gasteiger partial charge in [0.15, 0.2) is 22.7 Å². The third-order valence-corrected chi connectivity index (χ3v) is 13.5. The molecule has 26 heavy (non-hydrogen) atoms. The van der Waals surface area contributed by atoms with E-state index in [9.17, 15) is 10.1 Å². The topological polar surface area (TPSA) is 68.6 Å². The van der Waals surface area contributed by atoms with Gasteiger partial charge in [0.25, 0.3) is 0 Å². The van der Waals surface area contributed by atoms with Gasteiger partial charge in [0.2, 0.25) is 8.32 Å². The molecule has 0 aromatic carbocycles. The van der Waals surface area contributed by atoms with Gasteiger partial charge in [0.05, 0.1) is 12.0 Å². The minimum Gasteiger partial charge on any atom is -0.389 e. The predicted molar refractivity (Wildman–Crippen MR) is 101 cm³/mol. The number of alkyl halides is 1. The maximum atomic E-state index is 12.7. The summed E-state index contributed by atoms with van der Waals surface area (Å²) in [6.45, 7) is 15.0. The number of ether oxygens (including phenoxy) is 2. The molecule has 2 unspecified atom stereocenters. The normalized spacial score (nSPS) is 42.2. The summed E-state index contributed by atoms with van der Waals surface area (Å²) in [6, 6.07) is 2.17. The highest BCUT2D eigenvalue weighted by molar-refractivity contribution is 6.77. The second kappa shape index (κ2) is 6.02. The van der Waals surface area contributed by atoms with E-state index in [4.69, 9.17) is 25.5 Å². The van der Waals surface area contributed by atoms with Gasteiger partial charge in [-0.3, -0.25) is 4.79 Å². The molecule has 2 saturated heterocycles. The summed E-state index contributed by atoms with van der Waals surface area (Å²) in [5, 5.41) is 9.81. The third kappa shape index (κ3) is 2.41. The molecule has 3 fully saturated rings. The fourth-order valence-corrected chi connectivity index (χ4v) is 11.5. The molecule has 0 spiro atoms. The van der Waals surface area contributed by atoms with Gasteiger partial charge in [0.1, 0.15) is 5.60 Å². The number of nitriles is 1. The van der Waals surface area contributed by atoms with Crippen LogP contribution in [0.2, 0.25) is 16.6 Å². The van der Waals surface area contributed by atoms with Gasteiger partial charge in [-0.15, -0.1) is 0 Å². The van der Waals surface area contributed by atoms with Crippen LogP contribution < -0.4 is 0 Å². The van der Waals surface area contributed by atoms with E-state index in [1.807, 2.05) is 0 Å². The fourth-order valence-electron chi connectivity index (χ4n) is 5.64. The lowest BCUT2D eigenvalue weighted by Gasteiger charge is -2.54. The Morgan fingerprint density at radius 2 is 1.73 bits per heavy atom. The lowest BCUT2D eigenvalue weighted by Crippen LogP contribution is -2.64. The third-order valence-electron chi connectivity index (χ3n) is 6.85. The highest BCUT2D eigenvalue weighted by atomic mass is 35.5. The molecule has 7 heteroatoms. The van der Waals surface area contributed by atoms with Gasteiger partial charge < -0.3 is 13.9 Å². The van der Waals surface area contributed by atoms with Crippen molar-refractivity contribution >= 4 is 25.7 Å². The Hall–Kier alpha value is -0.453. The molecule has 3 rings (SSSR count). The number of hydrogen-bond donors (Lipinski definition) is 0. The monoisotopic (exact) mass is 399 g/mol. The summed E-state index contributed by atoms with van der Waals surface area (Å²) in [7, 11) is -2.31. The van der Waals surface area contributed by atoms with Gasteiger partial charge >= 0.3 is 0 Å². The zero-order valence-corrected chi connectivity index (χ0v) is 18.5. The van der Waals surface area contributed by atoms with Crippen molar-refractivity contribution in [3.05, 3.63) is 0 Å². The molecule has 3 bridgehead atoms. The molecule has 0 radical (unpaired) electrons. The van der Waals surface area contributed by atoms with Crippen molar-refractivity contribution in [2.45, 2.75) is 100 Å². The van der Waals surface area contributed by atoms with Gasteiger partial charge in [-0.25, -0.2) is 0 Å². The van der Waals surface area contributed by atoms with Crippen LogP contribution in [0.1, 0.15) is 61.3 Å². The van der Waals surface area contributed by atoms with Crippen LogP contribution in [0.3, 0.4) is 0 Å². The van der Waals surface area contributed by atoms with Crippen molar-refractivity contribution < 1.29 is 18.7 Å². The molecule has 2 aliphatic heterocycles. The molecule has 1 aliphatic carbocycles. The van der Waals surface area contributed by atoms with E-state index in [-0.39, 0.29) is 12.2 Å². The summed E-state index contributed by atoms with van der Waals surface area (Å²) in [5.74, 6) is -1.55. The van der Waals surface area contributed by atoms with Gasteiger partial charge in [-0.1, -0.05) is 53.1 Å². The smallest absolute Gasteiger partial charge is 0.204 e. The number of ketones is 1. The highest BCUT2D eigenvalue weighted by Gasteiger charge is 2.76. The fraction of sp³-hybridized carbons (Fsp3) is 0.895. The number of carbonyl (C=O) groups is 1. The Morgan fingerprint density at radius 3 is 2.19 bits per heavy atom. The maximum absolute atomic E-state index is 12.7. The SMILES string of the molecule is CC(C)[Si](O[C@]12CC3(C)OC(O1)[C@@](Cl)(C#N)[C@@H]2CC3=O)(C(C)C)C(C)C. The van der Waals surface area contributed by atoms with Crippen LogP contribution >= 0.6 is 11.6 Å². The van der Waals surface area contributed by atoms with Crippen molar-refractivity contribution in [1.29, 1.82) is 5.26 Å². The maximum Gasteiger partial charge on any atom is 0.204 e. The quantitative estimate of drug-likeness (QED) is 0.502. The molecule has 0 amide bonds. The zero-order chi connectivity index (χ0) is 19.7. The molecular weight excluding hydrogens is 370 g/mol. The Kier molecular flexibility index (Phi) is 4.70. The minimum atomic E-state index is -2.31. The largest absolute Gasteiger partial charge is 0.389 e. The second-order valence-electron chi connectivity index (χ2n) is 9.27. The molecule has 0 N–H and O–H groups in total. The van der Waals surface area contributed by atoms with Crippen molar-refractivity contribution in [3.63, 3.8) is 0 Å². The summed E-state index contributed by atoms with van der Waals surface area (Å²) < 4.78 is 19.2. The van der Waals surface area contributed by atoms with Crippen LogP contribution in [-0.4, -0.2) is 36.7 Å². The number of hydrogen-bond acceptors (Lipinski definition) is 5. The number of nitrogens with zero attached hydrogens (tertiary/aromatic N) is 1. The van der Waals surface area contributed by atoms with Gasteiger partial charge in [-0.05, 0) is 23.5 Å². The molecule has 5 nitrogen and oxygen atoms in total. The van der Waals surface area contributed by atoms with Crippen LogP contribution in [0.5, 0.6) is 0 Å². The number of rotatable bonds is 5. The van der Waals surface area contributed by atoms with Crippen molar-refractivity contribution in [2.24, 2.45) is 5.92 Å². The first-order valence-electron chi connectivity index (χ1n) is 9.57. The van der Waals surface area contributed by atoms with Crippen LogP contribution in [0.4, 0.5) is 0 Å². The van der Waals surface area contributed by atoms with Crippen LogP contribution in [0.25, 0.3) is 0 Å². The van der Waals surface area contributed by atoms with Gasteiger partial charge in [-0.2, -0.15) is 5.26 Å². The van der Waals surface area contributed by atoms with E-state index in [1.54, 1.807) is 6.92 Å². The molecule has 1 saturated carbocycles. The second-order valence-corrected chi connectivity index (χ2v) is 15.3. The first kappa shape index (κ1) is 20.3. The molecule has 5 atom stereocenters. The zero-order valence-electron chi connectivity index (χ0n) is 16.8. The summed E-state index contributed by atoms with van der Waals surface area (Å²) in [5.41, 5.74) is 0.0708. The van der Waals surface area contributed by atoms with Crippen LogP contribution in [0, 0.1) is 17.2 Å². The van der Waals surface area contributed by atoms with E-state index < -0.39 is 36.8 Å². The number of Topliss-reactive ketones (excluding diaryl/α,β-unsaturated/α-hetero) is 1. The Bertz CT molecular complexity index is 641. The number of halogens is 1. The highest BCUT2D eigenvalue weighted by Crippen LogP contribution is 2.63. The van der Waals surface area contributed by atoms with Crippen LogP contribution in [-0.2, 0) is 18.7 Å². The van der Waals surface area contributed by atoms with E-state index in [2.05, 4.69) is 47.6 Å². The minimum absolute atomic E-state index is 0.0151. The average Bonchev–Trinajstić information content (AvgIpc) is 2.66. The number of fused-ring (bicyclic) bond motifs is 2. The van der Waals surface area contributed by atoms with E-state index in [0.29, 0.717) is 23.0 Å². The molecule has 3 aliphatic rings. The first-order valence-corrected chi connectivity index (χ1v) is 12.1. The Morgan fingerprint density at radius 1 is 1.19 bits per heavy atom. The molecule has 0 aromatic heterocycles. The summed E-state index contributed by atoms with van der Waals surface area (Å²) in [6.07, 6.45) is -0.484. The van der Waals surface area contributed by atoms with E-state index in [0.717, 1.165) is 0 Å². The van der Waals surface area contributed by atoms with Crippen molar-refractivity contribution in [3.8, 4) is 6.07 Å². The number of carbonyl (C=O) groups excluding carboxylic acids is 1. The Labute approximate surface area is 162 Å². The van der Waals surface area contributed by atoms with E-state index >= 15 is 0 Å². The summed E-state index contributed by atoms with van der Waals surface area (Å²) in [4.78, 5) is 11.3. The van der Waals surface area contributed by atoms with Crippen molar-refractivity contribution in [2.75, 3.05) is 0 Å². The van der Waals surface area contributed by atoms with Crippen LogP contribution in [0.15, 0.2) is 0 Å². The first-order chi connectivity index (χ1) is 11.9. The predicted octanol–water partition coefficient (Wildman–Crippen LogP) is 4.50. The molecule has 0 aromatic rings. The molecule has 2 heterocycles. The van der Waals surface area contributed by atoms with E-state index in [1.165, 1.54) is 0 Å². The average molecular weight is 400 g/mol.